The predicted molar refractivity (Wildman–Crippen MR) is 109 cm³/mol. The van der Waals surface area contributed by atoms with Crippen molar-refractivity contribution in [1.82, 2.24) is 15.0 Å². The minimum atomic E-state index is -0.285. The van der Waals surface area contributed by atoms with Gasteiger partial charge in [0.2, 0.25) is 5.95 Å². The van der Waals surface area contributed by atoms with E-state index in [0.717, 1.165) is 5.56 Å². The molecule has 3 aromatic rings. The number of aliphatic hydroxyl groups is 1. The van der Waals surface area contributed by atoms with E-state index in [0.29, 0.717) is 28.7 Å². The summed E-state index contributed by atoms with van der Waals surface area (Å²) in [6.45, 7) is 5.70. The maximum atomic E-state index is 13.9. The third kappa shape index (κ3) is 4.80. The number of hydrogen-bond acceptors (Lipinski definition) is 6. The number of pyridine rings is 1. The fraction of sp³-hybridized carbons (Fsp3) is 0.286. The topological polar surface area (TPSA) is 83.0 Å². The molecule has 2 aromatic heterocycles. The fourth-order valence-corrected chi connectivity index (χ4v) is 2.65. The normalized spacial score (nSPS) is 12.1. The lowest BCUT2D eigenvalue weighted by Crippen LogP contribution is -2.30. The van der Waals surface area contributed by atoms with Crippen LogP contribution in [0.3, 0.4) is 0 Å². The van der Waals surface area contributed by atoms with Crippen molar-refractivity contribution in [1.29, 1.82) is 0 Å². The minimum Gasteiger partial charge on any atom is -0.394 e. The van der Waals surface area contributed by atoms with Crippen LogP contribution in [0.5, 0.6) is 0 Å². The molecule has 0 spiro atoms. The molecule has 6 nitrogen and oxygen atoms in total. The molecule has 146 valence electrons. The largest absolute Gasteiger partial charge is 0.394 e. The monoisotopic (exact) mass is 381 g/mol. The standard InChI is InChI=1S/C21H24FN5O/c1-13(2)19(12-28)26-21-25-18(15-6-8-23-9-7-15)11-20(27-21)24-16-5-4-14(3)17(22)10-16/h4-11,13,19,28H,12H2,1-3H3,(H2,24,25,26,27)/t19-/m0/s1. The number of aliphatic hydroxyl groups excluding tert-OH is 1. The van der Waals surface area contributed by atoms with Crippen molar-refractivity contribution in [2.75, 3.05) is 17.2 Å². The maximum absolute atomic E-state index is 13.9. The molecule has 0 bridgehead atoms. The number of nitrogens with zero attached hydrogens (tertiary/aromatic N) is 3. The number of nitrogens with one attached hydrogen (secondary N) is 2. The summed E-state index contributed by atoms with van der Waals surface area (Å²) in [6.07, 6.45) is 3.38. The van der Waals surface area contributed by atoms with E-state index in [1.165, 1.54) is 6.07 Å². The van der Waals surface area contributed by atoms with E-state index >= 15 is 0 Å². The summed E-state index contributed by atoms with van der Waals surface area (Å²) in [5.74, 6) is 0.817. The summed E-state index contributed by atoms with van der Waals surface area (Å²) in [4.78, 5) is 13.1. The molecule has 1 atom stereocenters. The van der Waals surface area contributed by atoms with Gasteiger partial charge in [0.15, 0.2) is 0 Å². The van der Waals surface area contributed by atoms with Crippen molar-refractivity contribution in [2.45, 2.75) is 26.8 Å². The number of halogens is 1. The van der Waals surface area contributed by atoms with E-state index in [2.05, 4.69) is 25.6 Å². The summed E-state index contributed by atoms with van der Waals surface area (Å²) < 4.78 is 13.9. The van der Waals surface area contributed by atoms with Gasteiger partial charge in [-0.1, -0.05) is 19.9 Å². The van der Waals surface area contributed by atoms with Crippen LogP contribution in [0.15, 0.2) is 48.8 Å². The Labute approximate surface area is 163 Å². The van der Waals surface area contributed by atoms with E-state index < -0.39 is 0 Å². The van der Waals surface area contributed by atoms with Crippen molar-refractivity contribution < 1.29 is 9.50 Å². The summed E-state index contributed by atoms with van der Waals surface area (Å²) in [5, 5.41) is 15.9. The highest BCUT2D eigenvalue weighted by Crippen LogP contribution is 2.25. The molecule has 2 heterocycles. The zero-order valence-corrected chi connectivity index (χ0v) is 16.1. The van der Waals surface area contributed by atoms with Gasteiger partial charge >= 0.3 is 0 Å². The molecule has 7 heteroatoms. The van der Waals surface area contributed by atoms with Gasteiger partial charge < -0.3 is 15.7 Å². The molecule has 0 aliphatic heterocycles. The zero-order chi connectivity index (χ0) is 20.1. The fourth-order valence-electron chi connectivity index (χ4n) is 2.65. The second-order valence-electron chi connectivity index (χ2n) is 6.96. The minimum absolute atomic E-state index is 0.0353. The highest BCUT2D eigenvalue weighted by molar-refractivity contribution is 5.67. The third-order valence-electron chi connectivity index (χ3n) is 4.46. The number of anilines is 3. The van der Waals surface area contributed by atoms with Crippen LogP contribution in [0.1, 0.15) is 19.4 Å². The molecule has 0 saturated carbocycles. The van der Waals surface area contributed by atoms with Gasteiger partial charge in [-0.05, 0) is 42.7 Å². The zero-order valence-electron chi connectivity index (χ0n) is 16.1. The molecule has 1 aromatic carbocycles. The van der Waals surface area contributed by atoms with Gasteiger partial charge in [-0.2, -0.15) is 4.98 Å². The first-order valence-electron chi connectivity index (χ1n) is 9.16. The van der Waals surface area contributed by atoms with Gasteiger partial charge in [-0.3, -0.25) is 4.98 Å². The molecule has 0 saturated heterocycles. The summed E-state index contributed by atoms with van der Waals surface area (Å²) in [6, 6.07) is 10.3. The van der Waals surface area contributed by atoms with Crippen LogP contribution in [0.25, 0.3) is 11.3 Å². The first-order chi connectivity index (χ1) is 13.5. The Bertz CT molecular complexity index is 933. The highest BCUT2D eigenvalue weighted by Gasteiger charge is 2.15. The van der Waals surface area contributed by atoms with Crippen LogP contribution in [0.2, 0.25) is 0 Å². The van der Waals surface area contributed by atoms with E-state index in [1.54, 1.807) is 37.5 Å². The highest BCUT2D eigenvalue weighted by atomic mass is 19.1. The molecule has 3 N–H and O–H groups in total. The van der Waals surface area contributed by atoms with Gasteiger partial charge in [0, 0.05) is 29.7 Å². The van der Waals surface area contributed by atoms with Crippen LogP contribution in [0, 0.1) is 18.7 Å². The van der Waals surface area contributed by atoms with Crippen LogP contribution < -0.4 is 10.6 Å². The number of aryl methyl sites for hydroxylation is 1. The summed E-state index contributed by atoms with van der Waals surface area (Å²) in [5.41, 5.74) is 2.74. The maximum Gasteiger partial charge on any atom is 0.225 e. The van der Waals surface area contributed by atoms with Gasteiger partial charge in [-0.25, -0.2) is 9.37 Å². The second-order valence-corrected chi connectivity index (χ2v) is 6.96. The Morgan fingerprint density at radius 3 is 2.46 bits per heavy atom. The van der Waals surface area contributed by atoms with Crippen LogP contribution in [0.4, 0.5) is 21.8 Å². The Morgan fingerprint density at radius 1 is 1.07 bits per heavy atom. The first-order valence-corrected chi connectivity index (χ1v) is 9.16. The third-order valence-corrected chi connectivity index (χ3v) is 4.46. The van der Waals surface area contributed by atoms with Crippen molar-refractivity contribution in [2.24, 2.45) is 5.92 Å². The predicted octanol–water partition coefficient (Wildman–Crippen LogP) is 4.16. The van der Waals surface area contributed by atoms with Gasteiger partial charge in [0.25, 0.3) is 0 Å². The Hall–Kier alpha value is -3.06. The van der Waals surface area contributed by atoms with E-state index in [-0.39, 0.29) is 24.4 Å². The number of benzene rings is 1. The van der Waals surface area contributed by atoms with Crippen molar-refractivity contribution >= 4 is 17.5 Å². The van der Waals surface area contributed by atoms with Crippen molar-refractivity contribution in [3.05, 3.63) is 60.2 Å². The van der Waals surface area contributed by atoms with E-state index in [4.69, 9.17) is 0 Å². The summed E-state index contributed by atoms with van der Waals surface area (Å²) in [7, 11) is 0. The van der Waals surface area contributed by atoms with E-state index in [1.807, 2.05) is 26.0 Å². The molecular weight excluding hydrogens is 357 g/mol. The lowest BCUT2D eigenvalue weighted by molar-refractivity contribution is 0.248. The molecule has 3 rings (SSSR count). The molecule has 0 radical (unpaired) electrons. The lowest BCUT2D eigenvalue weighted by atomic mass is 10.1. The molecule has 28 heavy (non-hydrogen) atoms. The van der Waals surface area contributed by atoms with Gasteiger partial charge in [0.1, 0.15) is 11.6 Å². The number of aromatic nitrogens is 3. The molecule has 0 aliphatic carbocycles. The first kappa shape index (κ1) is 19.7. The quantitative estimate of drug-likeness (QED) is 0.570. The molecule has 0 fully saturated rings. The number of hydrogen-bond donors (Lipinski definition) is 3. The second kappa shape index (κ2) is 8.75. The smallest absolute Gasteiger partial charge is 0.225 e. The molecular formula is C21H24FN5O. The Kier molecular flexibility index (Phi) is 6.16. The molecule has 0 aliphatic rings. The SMILES string of the molecule is Cc1ccc(Nc2cc(-c3ccncc3)nc(N[C@@H](CO)C(C)C)n2)cc1F. The average Bonchev–Trinajstić information content (AvgIpc) is 2.69. The van der Waals surface area contributed by atoms with Crippen LogP contribution in [-0.4, -0.2) is 32.7 Å². The van der Waals surface area contributed by atoms with Crippen LogP contribution in [-0.2, 0) is 0 Å². The van der Waals surface area contributed by atoms with Crippen molar-refractivity contribution in [3.8, 4) is 11.3 Å². The Balaban J connectivity index is 1.97. The van der Waals surface area contributed by atoms with Gasteiger partial charge in [-0.15, -0.1) is 0 Å². The molecule has 0 unspecified atom stereocenters. The van der Waals surface area contributed by atoms with E-state index in [9.17, 15) is 9.50 Å². The van der Waals surface area contributed by atoms with Gasteiger partial charge in [0.05, 0.1) is 18.3 Å². The molecule has 0 amide bonds. The number of rotatable bonds is 7. The lowest BCUT2D eigenvalue weighted by Gasteiger charge is -2.20. The Morgan fingerprint density at radius 2 is 1.82 bits per heavy atom. The summed E-state index contributed by atoms with van der Waals surface area (Å²) >= 11 is 0. The van der Waals surface area contributed by atoms with Crippen molar-refractivity contribution in [3.63, 3.8) is 0 Å². The van der Waals surface area contributed by atoms with Crippen LogP contribution >= 0.6 is 0 Å². The average molecular weight is 381 g/mol.